The Morgan fingerprint density at radius 2 is 1.75 bits per heavy atom. The molecule has 0 radical (unpaired) electrons. The minimum Gasteiger partial charge on any atom is -0.334 e. The maximum Gasteiger partial charge on any atom is 0.471 e. The second-order valence-electron chi connectivity index (χ2n) is 6.85. The minimum absolute atomic E-state index is 0.0386. The predicted molar refractivity (Wildman–Crippen MR) is 82.8 cm³/mol. The third-order valence-electron chi connectivity index (χ3n) is 3.73. The Bertz CT molecular complexity index is 705. The van der Waals surface area contributed by atoms with Gasteiger partial charge in [0.15, 0.2) is 0 Å². The third-order valence-corrected chi connectivity index (χ3v) is 3.73. The van der Waals surface area contributed by atoms with E-state index in [4.69, 9.17) is 0 Å². The van der Waals surface area contributed by atoms with Crippen LogP contribution in [0, 0.1) is 23.1 Å². The van der Waals surface area contributed by atoms with E-state index < -0.39 is 17.9 Å². The first kappa shape index (κ1) is 18.3. The van der Waals surface area contributed by atoms with Crippen LogP contribution in [0.1, 0.15) is 37.5 Å². The normalized spacial score (nSPS) is 15.2. The zero-order valence-electron chi connectivity index (χ0n) is 13.9. The summed E-state index contributed by atoms with van der Waals surface area (Å²) in [5, 5.41) is 0. The number of fused-ring (bicyclic) bond motifs is 1. The molecule has 1 aromatic rings. The molecule has 130 valence electrons. The monoisotopic (exact) mass is 341 g/mol. The number of hydrogen-bond acceptors (Lipinski definition) is 1. The molecule has 0 saturated heterocycles. The second-order valence-corrected chi connectivity index (χ2v) is 6.85. The topological polar surface area (TPSA) is 20.3 Å². The molecule has 1 aliphatic heterocycles. The van der Waals surface area contributed by atoms with E-state index in [0.29, 0.717) is 5.56 Å². The van der Waals surface area contributed by atoms with Gasteiger partial charge in [0.25, 0.3) is 0 Å². The minimum atomic E-state index is -4.89. The van der Waals surface area contributed by atoms with Crippen LogP contribution in [0.3, 0.4) is 0 Å². The number of amides is 1. The van der Waals surface area contributed by atoms with Crippen molar-refractivity contribution < 1.29 is 22.4 Å². The summed E-state index contributed by atoms with van der Waals surface area (Å²) in [5.74, 6) is 3.46. The maximum absolute atomic E-state index is 14.2. The molecular weight excluding hydrogens is 322 g/mol. The fraction of sp³-hybridized carbons (Fsp3) is 0.500. The van der Waals surface area contributed by atoms with Crippen LogP contribution in [-0.2, 0) is 17.6 Å². The zero-order chi connectivity index (χ0) is 18.1. The van der Waals surface area contributed by atoms with Gasteiger partial charge in [0.05, 0.1) is 5.56 Å². The van der Waals surface area contributed by atoms with Crippen LogP contribution in [0.25, 0.3) is 0 Å². The highest BCUT2D eigenvalue weighted by atomic mass is 19.4. The molecule has 1 aromatic carbocycles. The van der Waals surface area contributed by atoms with Crippen LogP contribution in [0.5, 0.6) is 0 Å². The second kappa shape index (κ2) is 6.46. The van der Waals surface area contributed by atoms with E-state index in [1.807, 2.05) is 20.8 Å². The average Bonchev–Trinajstić information content (AvgIpc) is 2.66. The molecule has 1 amide bonds. The van der Waals surface area contributed by atoms with Crippen LogP contribution in [0.4, 0.5) is 17.6 Å². The Balaban J connectivity index is 2.35. The Morgan fingerprint density at radius 3 is 2.33 bits per heavy atom. The average molecular weight is 341 g/mol. The molecule has 0 unspecified atom stereocenters. The van der Waals surface area contributed by atoms with Gasteiger partial charge in [-0.2, -0.15) is 13.2 Å². The van der Waals surface area contributed by atoms with Crippen LogP contribution in [0.15, 0.2) is 12.1 Å². The van der Waals surface area contributed by atoms with Crippen molar-refractivity contribution in [2.75, 3.05) is 13.1 Å². The van der Waals surface area contributed by atoms with Gasteiger partial charge in [-0.1, -0.05) is 17.9 Å². The first-order chi connectivity index (χ1) is 11.0. The summed E-state index contributed by atoms with van der Waals surface area (Å²) in [7, 11) is 0. The van der Waals surface area contributed by atoms with Gasteiger partial charge in [0.2, 0.25) is 0 Å². The van der Waals surface area contributed by atoms with E-state index in [1.54, 1.807) is 6.07 Å². The Labute approximate surface area is 138 Å². The van der Waals surface area contributed by atoms with Crippen molar-refractivity contribution in [3.8, 4) is 11.8 Å². The van der Waals surface area contributed by atoms with Crippen molar-refractivity contribution in [1.29, 1.82) is 0 Å². The highest BCUT2D eigenvalue weighted by Gasteiger charge is 2.42. The van der Waals surface area contributed by atoms with Crippen LogP contribution in [-0.4, -0.2) is 30.1 Å². The number of hydrogen-bond donors (Lipinski definition) is 0. The molecule has 0 atom stereocenters. The van der Waals surface area contributed by atoms with E-state index in [0.717, 1.165) is 10.5 Å². The van der Waals surface area contributed by atoms with Crippen LogP contribution >= 0.6 is 0 Å². The van der Waals surface area contributed by atoms with E-state index >= 15 is 0 Å². The molecule has 24 heavy (non-hydrogen) atoms. The van der Waals surface area contributed by atoms with E-state index in [1.165, 1.54) is 6.07 Å². The molecule has 0 aromatic heterocycles. The van der Waals surface area contributed by atoms with Gasteiger partial charge in [-0.3, -0.25) is 4.79 Å². The number of nitrogens with zero attached hydrogens (tertiary/aromatic N) is 1. The fourth-order valence-electron chi connectivity index (χ4n) is 2.56. The molecule has 1 aliphatic rings. The first-order valence-corrected chi connectivity index (χ1v) is 7.68. The summed E-state index contributed by atoms with van der Waals surface area (Å²) in [6.07, 6.45) is -4.48. The Kier molecular flexibility index (Phi) is 4.93. The molecule has 2 rings (SSSR count). The summed E-state index contributed by atoms with van der Waals surface area (Å²) in [6.45, 7) is 5.54. The molecule has 0 saturated carbocycles. The van der Waals surface area contributed by atoms with Crippen molar-refractivity contribution in [2.45, 2.75) is 39.8 Å². The fourth-order valence-corrected chi connectivity index (χ4v) is 2.56. The highest BCUT2D eigenvalue weighted by Crippen LogP contribution is 2.25. The summed E-state index contributed by atoms with van der Waals surface area (Å²) < 4.78 is 52.0. The molecule has 0 spiro atoms. The van der Waals surface area contributed by atoms with Crippen molar-refractivity contribution in [2.24, 2.45) is 5.41 Å². The summed E-state index contributed by atoms with van der Waals surface area (Å²) in [6, 6.07) is 2.85. The number of carbonyl (C=O) groups is 1. The molecular formula is C18H19F4NO. The highest BCUT2D eigenvalue weighted by molar-refractivity contribution is 5.82. The van der Waals surface area contributed by atoms with Crippen LogP contribution in [0.2, 0.25) is 0 Å². The van der Waals surface area contributed by atoms with Gasteiger partial charge < -0.3 is 4.90 Å². The number of rotatable bonds is 0. The van der Waals surface area contributed by atoms with Gasteiger partial charge in [-0.15, -0.1) is 0 Å². The van der Waals surface area contributed by atoms with Gasteiger partial charge in [0.1, 0.15) is 5.82 Å². The molecule has 0 aliphatic carbocycles. The van der Waals surface area contributed by atoms with Crippen molar-refractivity contribution in [1.82, 2.24) is 4.90 Å². The van der Waals surface area contributed by atoms with Gasteiger partial charge in [0, 0.05) is 18.5 Å². The largest absolute Gasteiger partial charge is 0.471 e. The molecule has 0 fully saturated rings. The van der Waals surface area contributed by atoms with Gasteiger partial charge in [-0.05, 0) is 50.8 Å². The summed E-state index contributed by atoms with van der Waals surface area (Å²) in [5.41, 5.74) is 1.25. The van der Waals surface area contributed by atoms with Gasteiger partial charge in [-0.25, -0.2) is 4.39 Å². The summed E-state index contributed by atoms with van der Waals surface area (Å²) in [4.78, 5) is 12.2. The van der Waals surface area contributed by atoms with Crippen LogP contribution < -0.4 is 0 Å². The van der Waals surface area contributed by atoms with E-state index in [-0.39, 0.29) is 36.9 Å². The molecule has 0 bridgehead atoms. The standard InChI is InChI=1S/C18H19F4NO/c1-17(2,3)9-6-14-13-8-11-23(16(24)18(20,21)22)10-7-12(13)4-5-15(14)19/h4-5H,7-8,10-11H2,1-3H3. The smallest absolute Gasteiger partial charge is 0.334 e. The number of alkyl halides is 3. The number of halogens is 4. The Hall–Kier alpha value is -2.03. The van der Waals surface area contributed by atoms with Crippen molar-refractivity contribution in [3.63, 3.8) is 0 Å². The number of benzene rings is 1. The quantitative estimate of drug-likeness (QED) is 0.520. The molecule has 0 N–H and O–H groups in total. The molecule has 6 heteroatoms. The maximum atomic E-state index is 14.2. The zero-order valence-corrected chi connectivity index (χ0v) is 13.9. The summed E-state index contributed by atoms with van der Waals surface area (Å²) >= 11 is 0. The lowest BCUT2D eigenvalue weighted by molar-refractivity contribution is -0.185. The third kappa shape index (κ3) is 4.28. The van der Waals surface area contributed by atoms with E-state index in [2.05, 4.69) is 11.8 Å². The van der Waals surface area contributed by atoms with Gasteiger partial charge >= 0.3 is 12.1 Å². The molecule has 2 nitrogen and oxygen atoms in total. The number of carbonyl (C=O) groups excluding carboxylic acids is 1. The SMILES string of the molecule is CC(C)(C)C#Cc1c(F)ccc2c1CCN(C(=O)C(F)(F)F)CC2. The molecule has 1 heterocycles. The van der Waals surface area contributed by atoms with Crippen molar-refractivity contribution >= 4 is 5.91 Å². The first-order valence-electron chi connectivity index (χ1n) is 7.68. The van der Waals surface area contributed by atoms with E-state index in [9.17, 15) is 22.4 Å². The lowest BCUT2D eigenvalue weighted by atomic mass is 9.94. The van der Waals surface area contributed by atoms with Crippen molar-refractivity contribution in [3.05, 3.63) is 34.6 Å². The Morgan fingerprint density at radius 1 is 1.12 bits per heavy atom. The predicted octanol–water partition coefficient (Wildman–Crippen LogP) is 3.71. The lowest BCUT2D eigenvalue weighted by Crippen LogP contribution is -2.42. The lowest BCUT2D eigenvalue weighted by Gasteiger charge is -2.21.